The zero-order chi connectivity index (χ0) is 18.5. The van der Waals surface area contributed by atoms with Gasteiger partial charge in [-0.3, -0.25) is 9.59 Å². The van der Waals surface area contributed by atoms with Crippen molar-refractivity contribution in [3.63, 3.8) is 0 Å². The van der Waals surface area contributed by atoms with Gasteiger partial charge in [-0.1, -0.05) is 23.2 Å². The van der Waals surface area contributed by atoms with E-state index in [-0.39, 0.29) is 12.6 Å². The molecule has 5 rings (SSSR count). The summed E-state index contributed by atoms with van der Waals surface area (Å²) in [5.41, 5.74) is -0.863. The van der Waals surface area contributed by atoms with Crippen LogP contribution in [-0.4, -0.2) is 29.2 Å². The van der Waals surface area contributed by atoms with Gasteiger partial charge in [-0.25, -0.2) is 0 Å². The molecule has 0 spiro atoms. The van der Waals surface area contributed by atoms with E-state index in [4.69, 9.17) is 27.9 Å². The lowest BCUT2D eigenvalue weighted by molar-refractivity contribution is -0.196. The first kappa shape index (κ1) is 18.1. The summed E-state index contributed by atoms with van der Waals surface area (Å²) >= 11 is 11.8. The standard InChI is InChI=1S/C19H21Cl2NO4/c20-14-2-1-13(4-15(14)21)22-16(23)9-26-17(24)18-5-11-3-12(6-18)8-19(25,7-11)10-18/h1-2,4,11-12,25H,3,5-10H2,(H,22,23)/t11-,12+,18?,19?. The summed E-state index contributed by atoms with van der Waals surface area (Å²) in [4.78, 5) is 24.8. The minimum atomic E-state index is -0.731. The Bertz CT molecular complexity index is 752. The number of hydrogen-bond acceptors (Lipinski definition) is 4. The van der Waals surface area contributed by atoms with E-state index in [1.807, 2.05) is 0 Å². The lowest BCUT2D eigenvalue weighted by Crippen LogP contribution is -2.58. The molecule has 1 aromatic carbocycles. The van der Waals surface area contributed by atoms with Crippen LogP contribution in [-0.2, 0) is 14.3 Å². The van der Waals surface area contributed by atoms with Gasteiger partial charge in [0.05, 0.1) is 21.1 Å². The summed E-state index contributed by atoms with van der Waals surface area (Å²) in [5.74, 6) is -0.00726. The average Bonchev–Trinajstić information content (AvgIpc) is 2.53. The minimum Gasteiger partial charge on any atom is -0.455 e. The highest BCUT2D eigenvalue weighted by molar-refractivity contribution is 6.42. The molecule has 1 aromatic rings. The topological polar surface area (TPSA) is 75.6 Å². The third-order valence-electron chi connectivity index (χ3n) is 6.00. The fraction of sp³-hybridized carbons (Fsp3) is 0.579. The number of nitrogens with one attached hydrogen (secondary N) is 1. The molecule has 140 valence electrons. The van der Waals surface area contributed by atoms with Crippen molar-refractivity contribution in [1.29, 1.82) is 0 Å². The number of aliphatic hydroxyl groups is 1. The molecule has 5 nitrogen and oxygen atoms in total. The van der Waals surface area contributed by atoms with E-state index in [2.05, 4.69) is 5.32 Å². The van der Waals surface area contributed by atoms with Gasteiger partial charge in [0.2, 0.25) is 0 Å². The van der Waals surface area contributed by atoms with E-state index < -0.39 is 16.9 Å². The SMILES string of the molecule is O=C(COC(=O)C12C[C@@H]3C[C@@H](CC(O)(C3)C1)C2)Nc1ccc(Cl)c(Cl)c1. The van der Waals surface area contributed by atoms with E-state index in [0.29, 0.717) is 34.0 Å². The molecule has 0 radical (unpaired) electrons. The van der Waals surface area contributed by atoms with Crippen LogP contribution in [0.5, 0.6) is 0 Å². The largest absolute Gasteiger partial charge is 0.455 e. The van der Waals surface area contributed by atoms with Crippen molar-refractivity contribution >= 4 is 40.8 Å². The van der Waals surface area contributed by atoms with Gasteiger partial charge in [-0.2, -0.15) is 0 Å². The van der Waals surface area contributed by atoms with Crippen LogP contribution in [0.15, 0.2) is 18.2 Å². The molecule has 4 fully saturated rings. The maximum absolute atomic E-state index is 12.7. The van der Waals surface area contributed by atoms with Gasteiger partial charge in [0.25, 0.3) is 5.91 Å². The van der Waals surface area contributed by atoms with Crippen LogP contribution in [0.1, 0.15) is 38.5 Å². The number of benzene rings is 1. The summed E-state index contributed by atoms with van der Waals surface area (Å²) in [6.45, 7) is -0.353. The predicted molar refractivity (Wildman–Crippen MR) is 98.1 cm³/mol. The molecule has 0 heterocycles. The minimum absolute atomic E-state index is 0.336. The number of amides is 1. The molecule has 4 aliphatic rings. The maximum atomic E-state index is 12.7. The number of halogens is 2. The highest BCUT2D eigenvalue weighted by atomic mass is 35.5. The van der Waals surface area contributed by atoms with E-state index in [9.17, 15) is 14.7 Å². The number of carbonyl (C=O) groups excluding carboxylic acids is 2. The van der Waals surface area contributed by atoms with E-state index in [1.54, 1.807) is 12.1 Å². The van der Waals surface area contributed by atoms with Crippen molar-refractivity contribution in [2.75, 3.05) is 11.9 Å². The lowest BCUT2D eigenvalue weighted by Gasteiger charge is -2.58. The zero-order valence-corrected chi connectivity index (χ0v) is 15.8. The van der Waals surface area contributed by atoms with Crippen LogP contribution in [0.4, 0.5) is 5.69 Å². The first-order valence-corrected chi connectivity index (χ1v) is 9.67. The van der Waals surface area contributed by atoms with Gasteiger partial charge in [0, 0.05) is 5.69 Å². The Hall–Kier alpha value is -1.30. The van der Waals surface area contributed by atoms with Gasteiger partial charge in [0.15, 0.2) is 6.61 Å². The molecule has 7 heteroatoms. The van der Waals surface area contributed by atoms with E-state index in [1.165, 1.54) is 6.07 Å². The average molecular weight is 398 g/mol. The second-order valence-electron chi connectivity index (χ2n) is 8.22. The first-order chi connectivity index (χ1) is 12.3. The number of anilines is 1. The van der Waals surface area contributed by atoms with Crippen molar-refractivity contribution < 1.29 is 19.4 Å². The van der Waals surface area contributed by atoms with E-state index >= 15 is 0 Å². The number of rotatable bonds is 4. The van der Waals surface area contributed by atoms with E-state index in [0.717, 1.165) is 32.1 Å². The molecular formula is C19H21Cl2NO4. The smallest absolute Gasteiger partial charge is 0.312 e. The predicted octanol–water partition coefficient (Wildman–Crippen LogP) is 3.81. The van der Waals surface area contributed by atoms with Crippen molar-refractivity contribution in [3.8, 4) is 0 Å². The van der Waals surface area contributed by atoms with Gasteiger partial charge >= 0.3 is 5.97 Å². The normalized spacial score (nSPS) is 34.6. The zero-order valence-electron chi connectivity index (χ0n) is 14.3. The van der Waals surface area contributed by atoms with Crippen molar-refractivity contribution in [3.05, 3.63) is 28.2 Å². The molecule has 4 atom stereocenters. The molecule has 2 N–H and O–H groups in total. The van der Waals surface area contributed by atoms with Crippen LogP contribution < -0.4 is 5.32 Å². The third-order valence-corrected chi connectivity index (χ3v) is 6.74. The number of carbonyl (C=O) groups is 2. The Labute approximate surface area is 162 Å². The number of esters is 1. The molecule has 4 saturated carbocycles. The first-order valence-electron chi connectivity index (χ1n) is 8.92. The molecule has 4 aliphatic carbocycles. The molecule has 0 saturated heterocycles. The summed E-state index contributed by atoms with van der Waals surface area (Å²) < 4.78 is 5.34. The van der Waals surface area contributed by atoms with Crippen LogP contribution in [0, 0.1) is 17.3 Å². The molecule has 26 heavy (non-hydrogen) atoms. The van der Waals surface area contributed by atoms with Crippen LogP contribution in [0.2, 0.25) is 10.0 Å². The molecule has 1 amide bonds. The molecule has 4 bridgehead atoms. The number of hydrogen-bond donors (Lipinski definition) is 2. The van der Waals surface area contributed by atoms with Crippen molar-refractivity contribution in [1.82, 2.24) is 0 Å². The molecule has 2 unspecified atom stereocenters. The fourth-order valence-electron chi connectivity index (χ4n) is 5.51. The van der Waals surface area contributed by atoms with Gasteiger partial charge in [-0.15, -0.1) is 0 Å². The summed E-state index contributed by atoms with van der Waals surface area (Å²) in [7, 11) is 0. The maximum Gasteiger partial charge on any atom is 0.312 e. The van der Waals surface area contributed by atoms with Crippen LogP contribution >= 0.6 is 23.2 Å². The summed E-state index contributed by atoms with van der Waals surface area (Å²) in [5, 5.41) is 14.1. The van der Waals surface area contributed by atoms with Gasteiger partial charge < -0.3 is 15.2 Å². The van der Waals surface area contributed by atoms with Crippen molar-refractivity contribution in [2.45, 2.75) is 44.1 Å². The molecule has 0 aromatic heterocycles. The Morgan fingerprint density at radius 2 is 1.85 bits per heavy atom. The molecular weight excluding hydrogens is 377 g/mol. The van der Waals surface area contributed by atoms with Gasteiger partial charge in [-0.05, 0) is 68.6 Å². The van der Waals surface area contributed by atoms with Crippen LogP contribution in [0.25, 0.3) is 0 Å². The second kappa shape index (κ2) is 6.39. The lowest BCUT2D eigenvalue weighted by atomic mass is 9.48. The monoisotopic (exact) mass is 397 g/mol. The Morgan fingerprint density at radius 1 is 1.15 bits per heavy atom. The Balaban J connectivity index is 1.36. The van der Waals surface area contributed by atoms with Crippen molar-refractivity contribution in [2.24, 2.45) is 17.3 Å². The quantitative estimate of drug-likeness (QED) is 0.757. The fourth-order valence-corrected chi connectivity index (χ4v) is 5.81. The summed E-state index contributed by atoms with van der Waals surface area (Å²) in [6.07, 6.45) is 4.65. The third kappa shape index (κ3) is 3.32. The summed E-state index contributed by atoms with van der Waals surface area (Å²) in [6, 6.07) is 4.75. The van der Waals surface area contributed by atoms with Gasteiger partial charge in [0.1, 0.15) is 0 Å². The second-order valence-corrected chi connectivity index (χ2v) is 9.03. The highest BCUT2D eigenvalue weighted by Gasteiger charge is 2.60. The highest BCUT2D eigenvalue weighted by Crippen LogP contribution is 2.61. The molecule has 0 aliphatic heterocycles. The van der Waals surface area contributed by atoms with Crippen LogP contribution in [0.3, 0.4) is 0 Å². The Morgan fingerprint density at radius 3 is 2.46 bits per heavy atom. The Kier molecular flexibility index (Phi) is 4.45. The number of ether oxygens (including phenoxy) is 1.